The van der Waals surface area contributed by atoms with Gasteiger partial charge in [0, 0.05) is 29.7 Å². The van der Waals surface area contributed by atoms with Crippen LogP contribution in [0, 0.1) is 12.8 Å². The largest absolute Gasteiger partial charge is 0.358 e. The minimum atomic E-state index is -0.389. The van der Waals surface area contributed by atoms with Crippen LogP contribution in [0.1, 0.15) is 35.8 Å². The highest BCUT2D eigenvalue weighted by Gasteiger charge is 2.29. The number of hydrogen-bond donors (Lipinski definition) is 1. The van der Waals surface area contributed by atoms with Crippen LogP contribution in [0.5, 0.6) is 0 Å². The maximum absolute atomic E-state index is 12.6. The number of H-pyrrole nitrogens is 1. The lowest BCUT2D eigenvalue weighted by molar-refractivity contribution is -0.127. The molecule has 110 valence electrons. The molecule has 4 nitrogen and oxygen atoms in total. The fourth-order valence-corrected chi connectivity index (χ4v) is 3.03. The van der Waals surface area contributed by atoms with Gasteiger partial charge in [-0.25, -0.2) is 0 Å². The maximum atomic E-state index is 12.6. The summed E-state index contributed by atoms with van der Waals surface area (Å²) in [6.45, 7) is 5.41. The molecule has 1 amide bonds. The zero-order chi connectivity index (χ0) is 15.0. The van der Waals surface area contributed by atoms with E-state index in [1.165, 1.54) is 0 Å². The molecular weight excluding hydrogens is 264 g/mol. The zero-order valence-electron chi connectivity index (χ0n) is 12.5. The van der Waals surface area contributed by atoms with Gasteiger partial charge in [0.15, 0.2) is 0 Å². The van der Waals surface area contributed by atoms with Crippen LogP contribution < -0.4 is 0 Å². The van der Waals surface area contributed by atoms with E-state index >= 15 is 0 Å². The molecule has 0 spiro atoms. The Balaban J connectivity index is 1.90. The van der Waals surface area contributed by atoms with Crippen molar-refractivity contribution in [3.63, 3.8) is 0 Å². The molecule has 1 aromatic carbocycles. The predicted octanol–water partition coefficient (Wildman–Crippen LogP) is 2.92. The van der Waals surface area contributed by atoms with Crippen LogP contribution in [0.4, 0.5) is 0 Å². The van der Waals surface area contributed by atoms with Crippen molar-refractivity contribution in [2.75, 3.05) is 13.1 Å². The zero-order valence-corrected chi connectivity index (χ0v) is 12.5. The molecule has 1 aliphatic heterocycles. The number of ketones is 1. The molecule has 2 heterocycles. The van der Waals surface area contributed by atoms with Crippen molar-refractivity contribution in [2.24, 2.45) is 5.92 Å². The number of para-hydroxylation sites is 1. The molecule has 1 saturated heterocycles. The van der Waals surface area contributed by atoms with Gasteiger partial charge in [0.05, 0.1) is 5.56 Å². The number of likely N-dealkylation sites (tertiary alicyclic amines) is 1. The Morgan fingerprint density at radius 2 is 1.86 bits per heavy atom. The highest BCUT2D eigenvalue weighted by atomic mass is 16.2. The number of nitrogens with zero attached hydrogens (tertiary/aromatic N) is 1. The second-order valence-corrected chi connectivity index (χ2v) is 5.97. The number of aromatic amines is 1. The number of aromatic nitrogens is 1. The lowest BCUT2D eigenvalue weighted by Gasteiger charge is -2.29. The van der Waals surface area contributed by atoms with Crippen LogP contribution in [0.3, 0.4) is 0 Å². The van der Waals surface area contributed by atoms with Gasteiger partial charge in [-0.1, -0.05) is 25.1 Å². The number of benzene rings is 1. The topological polar surface area (TPSA) is 53.2 Å². The number of rotatable bonds is 2. The molecule has 4 heteroatoms. The van der Waals surface area contributed by atoms with Crippen molar-refractivity contribution in [2.45, 2.75) is 26.7 Å². The van der Waals surface area contributed by atoms with E-state index in [1.807, 2.05) is 31.2 Å². The van der Waals surface area contributed by atoms with E-state index in [1.54, 1.807) is 4.90 Å². The molecule has 1 aliphatic rings. The highest BCUT2D eigenvalue weighted by Crippen LogP contribution is 2.24. The Kier molecular flexibility index (Phi) is 3.53. The molecule has 0 bridgehead atoms. The summed E-state index contributed by atoms with van der Waals surface area (Å²) < 4.78 is 0. The second-order valence-electron chi connectivity index (χ2n) is 5.97. The van der Waals surface area contributed by atoms with Crippen molar-refractivity contribution < 1.29 is 9.59 Å². The smallest absolute Gasteiger partial charge is 0.295 e. The first-order chi connectivity index (χ1) is 10.1. The Hall–Kier alpha value is -2.10. The van der Waals surface area contributed by atoms with Crippen molar-refractivity contribution >= 4 is 22.6 Å². The maximum Gasteiger partial charge on any atom is 0.295 e. The first-order valence-electron chi connectivity index (χ1n) is 7.49. The number of amides is 1. The molecule has 0 aliphatic carbocycles. The summed E-state index contributed by atoms with van der Waals surface area (Å²) >= 11 is 0. The Bertz CT molecular complexity index is 694. The van der Waals surface area contributed by atoms with Crippen LogP contribution in [0.15, 0.2) is 24.3 Å². The number of aryl methyl sites for hydroxylation is 1. The fourth-order valence-electron chi connectivity index (χ4n) is 3.03. The van der Waals surface area contributed by atoms with E-state index in [9.17, 15) is 9.59 Å². The van der Waals surface area contributed by atoms with Gasteiger partial charge in [0.2, 0.25) is 0 Å². The Labute approximate surface area is 124 Å². The summed E-state index contributed by atoms with van der Waals surface area (Å²) in [6, 6.07) is 7.61. The number of Topliss-reactive ketones (excluding diaryl/α,β-unsaturated/α-hetero) is 1. The Morgan fingerprint density at radius 1 is 1.19 bits per heavy atom. The van der Waals surface area contributed by atoms with Gasteiger partial charge < -0.3 is 9.88 Å². The summed E-state index contributed by atoms with van der Waals surface area (Å²) in [7, 11) is 0. The van der Waals surface area contributed by atoms with Crippen LogP contribution >= 0.6 is 0 Å². The molecule has 0 radical (unpaired) electrons. The van der Waals surface area contributed by atoms with Gasteiger partial charge in [-0.3, -0.25) is 9.59 Å². The number of nitrogens with one attached hydrogen (secondary N) is 1. The van der Waals surface area contributed by atoms with Crippen molar-refractivity contribution in [3.05, 3.63) is 35.5 Å². The van der Waals surface area contributed by atoms with Crippen LogP contribution in [0.2, 0.25) is 0 Å². The average Bonchev–Trinajstić information content (AvgIpc) is 2.82. The highest BCUT2D eigenvalue weighted by molar-refractivity contribution is 6.45. The van der Waals surface area contributed by atoms with Gasteiger partial charge in [0.25, 0.3) is 11.7 Å². The van der Waals surface area contributed by atoms with Gasteiger partial charge in [-0.15, -0.1) is 0 Å². The lowest BCUT2D eigenvalue weighted by atomic mass is 9.98. The van der Waals surface area contributed by atoms with E-state index in [4.69, 9.17) is 0 Å². The minimum absolute atomic E-state index is 0.366. The second kappa shape index (κ2) is 5.35. The number of carbonyl (C=O) groups excluding carboxylic acids is 2. The summed E-state index contributed by atoms with van der Waals surface area (Å²) in [6.07, 6.45) is 1.96. The number of fused-ring (bicyclic) bond motifs is 1. The van der Waals surface area contributed by atoms with E-state index in [2.05, 4.69) is 11.9 Å². The Morgan fingerprint density at radius 3 is 2.57 bits per heavy atom. The first kappa shape index (κ1) is 13.9. The summed E-state index contributed by atoms with van der Waals surface area (Å²) in [5, 5.41) is 0.832. The molecular formula is C17H20N2O2. The molecule has 0 unspecified atom stereocenters. The van der Waals surface area contributed by atoms with Crippen LogP contribution in [0.25, 0.3) is 10.9 Å². The third-order valence-electron chi connectivity index (χ3n) is 4.39. The lowest BCUT2D eigenvalue weighted by Crippen LogP contribution is -2.41. The van der Waals surface area contributed by atoms with Crippen molar-refractivity contribution in [1.82, 2.24) is 9.88 Å². The van der Waals surface area contributed by atoms with E-state index in [-0.39, 0.29) is 11.7 Å². The monoisotopic (exact) mass is 284 g/mol. The third kappa shape index (κ3) is 2.46. The third-order valence-corrected chi connectivity index (χ3v) is 4.39. The minimum Gasteiger partial charge on any atom is -0.358 e. The quantitative estimate of drug-likeness (QED) is 0.681. The van der Waals surface area contributed by atoms with Gasteiger partial charge in [-0.05, 0) is 31.7 Å². The molecule has 1 N–H and O–H groups in total. The molecule has 2 aromatic rings. The predicted molar refractivity (Wildman–Crippen MR) is 82.3 cm³/mol. The number of hydrogen-bond acceptors (Lipinski definition) is 2. The normalized spacial score (nSPS) is 16.4. The summed E-state index contributed by atoms with van der Waals surface area (Å²) in [5.41, 5.74) is 2.19. The van der Waals surface area contributed by atoms with Gasteiger partial charge >= 0.3 is 0 Å². The SMILES string of the molecule is Cc1[nH]c2ccccc2c1C(=O)C(=O)N1CCC(C)CC1. The van der Waals surface area contributed by atoms with E-state index in [0.29, 0.717) is 24.6 Å². The molecule has 0 atom stereocenters. The summed E-state index contributed by atoms with van der Waals surface area (Å²) in [5.74, 6) is -0.117. The molecule has 1 aromatic heterocycles. The van der Waals surface area contributed by atoms with E-state index in [0.717, 1.165) is 29.4 Å². The van der Waals surface area contributed by atoms with Gasteiger partial charge in [-0.2, -0.15) is 0 Å². The molecule has 0 saturated carbocycles. The number of carbonyl (C=O) groups is 2. The first-order valence-corrected chi connectivity index (χ1v) is 7.49. The summed E-state index contributed by atoms with van der Waals surface area (Å²) in [4.78, 5) is 30.0. The van der Waals surface area contributed by atoms with Crippen LogP contribution in [-0.2, 0) is 4.79 Å². The van der Waals surface area contributed by atoms with Crippen molar-refractivity contribution in [1.29, 1.82) is 0 Å². The molecule has 21 heavy (non-hydrogen) atoms. The van der Waals surface area contributed by atoms with Crippen molar-refractivity contribution in [3.8, 4) is 0 Å². The fraction of sp³-hybridized carbons (Fsp3) is 0.412. The molecule has 1 fully saturated rings. The molecule has 3 rings (SSSR count). The average molecular weight is 284 g/mol. The van der Waals surface area contributed by atoms with Gasteiger partial charge in [0.1, 0.15) is 0 Å². The number of piperidine rings is 1. The van der Waals surface area contributed by atoms with E-state index < -0.39 is 0 Å². The van der Waals surface area contributed by atoms with Crippen LogP contribution in [-0.4, -0.2) is 34.7 Å². The standard InChI is InChI=1S/C17H20N2O2/c1-11-7-9-19(10-8-11)17(21)16(20)15-12(2)18-14-6-4-3-5-13(14)15/h3-6,11,18H,7-10H2,1-2H3.